The minimum atomic E-state index is -2.83. The van der Waals surface area contributed by atoms with Crippen LogP contribution in [0.4, 0.5) is 0 Å². The molecule has 0 radical (unpaired) electrons. The number of nitrogens with two attached hydrogens (primary N) is 1. The third kappa shape index (κ3) is 6.57. The molecule has 74 valence electrons. The summed E-state index contributed by atoms with van der Waals surface area (Å²) in [5.74, 6) is 0.223. The van der Waals surface area contributed by atoms with Crippen LogP contribution in [0.5, 0.6) is 0 Å². The third-order valence-corrected chi connectivity index (χ3v) is 2.60. The van der Waals surface area contributed by atoms with E-state index in [1.807, 2.05) is 11.8 Å². The number of sulfone groups is 1. The maximum atomic E-state index is 10.8. The highest BCUT2D eigenvalue weighted by Gasteiger charge is 2.06. The zero-order chi connectivity index (χ0) is 9.61. The first-order valence-corrected chi connectivity index (χ1v) is 6.15. The molecular formula is C7H18N2O2S. The highest BCUT2D eigenvalue weighted by atomic mass is 32.2. The van der Waals surface area contributed by atoms with E-state index in [9.17, 15) is 8.42 Å². The zero-order valence-corrected chi connectivity index (χ0v) is 8.60. The minimum Gasteiger partial charge on any atom is -0.329 e. The van der Waals surface area contributed by atoms with Crippen LogP contribution in [0, 0.1) is 0 Å². The van der Waals surface area contributed by atoms with Gasteiger partial charge >= 0.3 is 0 Å². The van der Waals surface area contributed by atoms with Gasteiger partial charge in [0.05, 0.1) is 5.75 Å². The van der Waals surface area contributed by atoms with Gasteiger partial charge in [0.1, 0.15) is 9.84 Å². The summed E-state index contributed by atoms with van der Waals surface area (Å²) < 4.78 is 21.6. The first-order valence-electron chi connectivity index (χ1n) is 4.09. The molecule has 0 aromatic heterocycles. The molecule has 12 heavy (non-hydrogen) atoms. The second-order valence-corrected chi connectivity index (χ2v) is 5.11. The van der Waals surface area contributed by atoms with E-state index in [1.165, 1.54) is 6.26 Å². The summed E-state index contributed by atoms with van der Waals surface area (Å²) in [5.41, 5.74) is 5.35. The van der Waals surface area contributed by atoms with Crippen molar-refractivity contribution >= 4 is 9.84 Å². The maximum Gasteiger partial charge on any atom is 0.148 e. The topological polar surface area (TPSA) is 63.4 Å². The summed E-state index contributed by atoms with van der Waals surface area (Å²) in [5, 5.41) is 0. The highest BCUT2D eigenvalue weighted by Crippen LogP contribution is 1.89. The number of likely N-dealkylation sites (N-methyl/N-ethyl adjacent to an activating group) is 1. The highest BCUT2D eigenvalue weighted by molar-refractivity contribution is 7.90. The molecule has 0 fully saturated rings. The molecule has 0 heterocycles. The zero-order valence-electron chi connectivity index (χ0n) is 7.78. The lowest BCUT2D eigenvalue weighted by Gasteiger charge is -2.18. The summed E-state index contributed by atoms with van der Waals surface area (Å²) >= 11 is 0. The standard InChI is InChI=1S/C7H18N2O2S/c1-3-9(5-4-8)6-7-12(2,10)11/h3-8H2,1-2H3. The summed E-state index contributed by atoms with van der Waals surface area (Å²) in [6.07, 6.45) is 1.25. The van der Waals surface area contributed by atoms with Gasteiger partial charge in [-0.15, -0.1) is 0 Å². The molecule has 0 aromatic rings. The van der Waals surface area contributed by atoms with Gasteiger partial charge in [0.15, 0.2) is 0 Å². The molecule has 0 bridgehead atoms. The van der Waals surface area contributed by atoms with Gasteiger partial charge in [-0.2, -0.15) is 0 Å². The quantitative estimate of drug-likeness (QED) is 0.608. The normalized spacial score (nSPS) is 12.3. The fourth-order valence-electron chi connectivity index (χ4n) is 0.906. The Hall–Kier alpha value is -0.130. The van der Waals surface area contributed by atoms with Crippen molar-refractivity contribution in [1.82, 2.24) is 4.90 Å². The van der Waals surface area contributed by atoms with Crippen LogP contribution in [0.25, 0.3) is 0 Å². The molecular weight excluding hydrogens is 176 g/mol. The maximum absolute atomic E-state index is 10.8. The fourth-order valence-corrected chi connectivity index (χ4v) is 1.50. The molecule has 0 saturated carbocycles. The van der Waals surface area contributed by atoms with Crippen molar-refractivity contribution in [2.45, 2.75) is 6.92 Å². The van der Waals surface area contributed by atoms with Crippen molar-refractivity contribution in [3.63, 3.8) is 0 Å². The number of hydrogen-bond donors (Lipinski definition) is 1. The molecule has 0 aliphatic carbocycles. The summed E-state index contributed by atoms with van der Waals surface area (Å²) in [6, 6.07) is 0. The van der Waals surface area contributed by atoms with Crippen LogP contribution in [-0.2, 0) is 9.84 Å². The van der Waals surface area contributed by atoms with Crippen molar-refractivity contribution in [2.24, 2.45) is 5.73 Å². The Morgan fingerprint density at radius 3 is 2.25 bits per heavy atom. The molecule has 2 N–H and O–H groups in total. The number of hydrogen-bond acceptors (Lipinski definition) is 4. The van der Waals surface area contributed by atoms with Crippen molar-refractivity contribution < 1.29 is 8.42 Å². The van der Waals surface area contributed by atoms with Gasteiger partial charge in [0.2, 0.25) is 0 Å². The number of rotatable bonds is 6. The van der Waals surface area contributed by atoms with Crippen LogP contribution in [0.3, 0.4) is 0 Å². The van der Waals surface area contributed by atoms with Crippen molar-refractivity contribution in [2.75, 3.05) is 38.2 Å². The molecule has 0 saturated heterocycles. The molecule has 0 amide bonds. The van der Waals surface area contributed by atoms with Crippen LogP contribution >= 0.6 is 0 Å². The van der Waals surface area contributed by atoms with Gasteiger partial charge in [-0.05, 0) is 6.54 Å². The first kappa shape index (κ1) is 11.9. The van der Waals surface area contributed by atoms with E-state index in [2.05, 4.69) is 0 Å². The lowest BCUT2D eigenvalue weighted by molar-refractivity contribution is 0.313. The molecule has 0 aromatic carbocycles. The van der Waals surface area contributed by atoms with E-state index in [4.69, 9.17) is 5.73 Å². The van der Waals surface area contributed by atoms with Gasteiger partial charge < -0.3 is 10.6 Å². The molecule has 0 unspecified atom stereocenters. The molecule has 0 aliphatic heterocycles. The average Bonchev–Trinajstić information content (AvgIpc) is 1.96. The number of nitrogens with zero attached hydrogens (tertiary/aromatic N) is 1. The molecule has 0 spiro atoms. The van der Waals surface area contributed by atoms with Gasteiger partial charge in [0, 0.05) is 25.9 Å². The van der Waals surface area contributed by atoms with Gasteiger partial charge in [-0.25, -0.2) is 8.42 Å². The Morgan fingerprint density at radius 1 is 1.33 bits per heavy atom. The third-order valence-electron chi connectivity index (χ3n) is 1.67. The van der Waals surface area contributed by atoms with E-state index in [1.54, 1.807) is 0 Å². The Balaban J connectivity index is 3.73. The van der Waals surface area contributed by atoms with Crippen molar-refractivity contribution in [3.8, 4) is 0 Å². The predicted molar refractivity (Wildman–Crippen MR) is 50.9 cm³/mol. The lowest BCUT2D eigenvalue weighted by Crippen LogP contribution is -2.33. The summed E-state index contributed by atoms with van der Waals surface area (Å²) in [4.78, 5) is 2.03. The largest absolute Gasteiger partial charge is 0.329 e. The van der Waals surface area contributed by atoms with Gasteiger partial charge in [-0.1, -0.05) is 6.92 Å². The van der Waals surface area contributed by atoms with Crippen molar-refractivity contribution in [3.05, 3.63) is 0 Å². The van der Waals surface area contributed by atoms with E-state index < -0.39 is 9.84 Å². The van der Waals surface area contributed by atoms with Crippen LogP contribution in [0.2, 0.25) is 0 Å². The molecule has 5 heteroatoms. The fraction of sp³-hybridized carbons (Fsp3) is 1.00. The second kappa shape index (κ2) is 5.50. The molecule has 0 aliphatic rings. The van der Waals surface area contributed by atoms with E-state index >= 15 is 0 Å². The van der Waals surface area contributed by atoms with Crippen LogP contribution < -0.4 is 5.73 Å². The minimum absolute atomic E-state index is 0.223. The van der Waals surface area contributed by atoms with Crippen LogP contribution in [0.15, 0.2) is 0 Å². The summed E-state index contributed by atoms with van der Waals surface area (Å²) in [6.45, 7) is 4.79. The Bertz CT molecular complexity index is 201. The van der Waals surface area contributed by atoms with E-state index in [-0.39, 0.29) is 5.75 Å². The lowest BCUT2D eigenvalue weighted by atomic mass is 10.5. The molecule has 0 rings (SSSR count). The predicted octanol–water partition coefficient (Wildman–Crippen LogP) is -0.688. The van der Waals surface area contributed by atoms with Gasteiger partial charge in [-0.3, -0.25) is 0 Å². The van der Waals surface area contributed by atoms with Gasteiger partial charge in [0.25, 0.3) is 0 Å². The molecule has 0 atom stereocenters. The average molecular weight is 194 g/mol. The Kier molecular flexibility index (Phi) is 5.44. The first-order chi connectivity index (χ1) is 5.49. The van der Waals surface area contributed by atoms with Crippen LogP contribution in [0.1, 0.15) is 6.92 Å². The SMILES string of the molecule is CCN(CCN)CCS(C)(=O)=O. The van der Waals surface area contributed by atoms with Crippen molar-refractivity contribution in [1.29, 1.82) is 0 Å². The smallest absolute Gasteiger partial charge is 0.148 e. The summed E-state index contributed by atoms with van der Waals surface area (Å²) in [7, 11) is -2.83. The van der Waals surface area contributed by atoms with Crippen LogP contribution in [-0.4, -0.2) is 51.5 Å². The molecule has 4 nitrogen and oxygen atoms in total. The Labute approximate surface area is 74.7 Å². The van der Waals surface area contributed by atoms with E-state index in [0.717, 1.165) is 13.1 Å². The van der Waals surface area contributed by atoms with E-state index in [0.29, 0.717) is 13.1 Å². The Morgan fingerprint density at radius 2 is 1.92 bits per heavy atom. The monoisotopic (exact) mass is 194 g/mol. The second-order valence-electron chi connectivity index (χ2n) is 2.85.